The van der Waals surface area contributed by atoms with Crippen molar-refractivity contribution in [3.05, 3.63) is 59.9 Å². The molecular weight excluding hydrogens is 290 g/mol. The minimum Gasteiger partial charge on any atom is -0.330 e. The average Bonchev–Trinajstić information content (AvgIpc) is 2.48. The Morgan fingerprint density at radius 3 is 2.48 bits per heavy atom. The number of carbonyl (C=O) groups excluding carboxylic acids is 1. The fourth-order valence-corrected chi connectivity index (χ4v) is 2.71. The Morgan fingerprint density at radius 1 is 1.19 bits per heavy atom. The molecule has 0 saturated carbocycles. The van der Waals surface area contributed by atoms with Crippen molar-refractivity contribution in [1.29, 1.82) is 0 Å². The number of amides is 1. The number of pyridine rings is 1. The van der Waals surface area contributed by atoms with Gasteiger partial charge in [0, 0.05) is 12.4 Å². The predicted molar refractivity (Wildman–Crippen MR) is 78.1 cm³/mol. The molecule has 2 rings (SSSR count). The first-order valence-corrected chi connectivity index (χ1v) is 7.77. The van der Waals surface area contributed by atoms with Gasteiger partial charge in [0.1, 0.15) is 0 Å². The molecule has 0 bridgehead atoms. The number of nitrogens with two attached hydrogens (primary N) is 1. The van der Waals surface area contributed by atoms with Gasteiger partial charge in [0.05, 0.1) is 10.5 Å². The fraction of sp³-hybridized carbons (Fsp3) is 0.143. The molecule has 3 N–H and O–H groups in total. The summed E-state index contributed by atoms with van der Waals surface area (Å²) in [6.07, 6.45) is 3.47. The Bertz CT molecular complexity index is 713. The Balaban J connectivity index is 2.16. The SMILES string of the molecule is NCCc1ccc(S(=O)(=O)NC(=O)c2cccnc2)cc1. The standard InChI is InChI=1S/C14H15N3O3S/c15-8-7-11-3-5-13(6-4-11)21(19,20)17-14(18)12-2-1-9-16-10-12/h1-6,9-10H,7-8,15H2,(H,17,18). The van der Waals surface area contributed by atoms with E-state index in [0.29, 0.717) is 13.0 Å². The maximum Gasteiger partial charge on any atom is 0.266 e. The molecule has 1 aromatic heterocycles. The minimum absolute atomic E-state index is 0.0283. The zero-order valence-corrected chi connectivity index (χ0v) is 12.0. The van der Waals surface area contributed by atoms with E-state index in [1.165, 1.54) is 30.6 Å². The Kier molecular flexibility index (Phi) is 4.66. The van der Waals surface area contributed by atoms with Crippen molar-refractivity contribution >= 4 is 15.9 Å². The summed E-state index contributed by atoms with van der Waals surface area (Å²) >= 11 is 0. The molecule has 0 aliphatic rings. The van der Waals surface area contributed by atoms with Crippen LogP contribution in [0.4, 0.5) is 0 Å². The lowest BCUT2D eigenvalue weighted by Crippen LogP contribution is -2.30. The number of carbonyl (C=O) groups is 1. The van der Waals surface area contributed by atoms with Crippen molar-refractivity contribution in [1.82, 2.24) is 9.71 Å². The molecule has 0 atom stereocenters. The maximum atomic E-state index is 12.1. The summed E-state index contributed by atoms with van der Waals surface area (Å²) in [6, 6.07) is 9.30. The van der Waals surface area contributed by atoms with Gasteiger partial charge in [0.2, 0.25) is 0 Å². The van der Waals surface area contributed by atoms with E-state index in [0.717, 1.165) is 5.56 Å². The van der Waals surface area contributed by atoms with Gasteiger partial charge in [-0.25, -0.2) is 13.1 Å². The minimum atomic E-state index is -3.90. The number of sulfonamides is 1. The molecule has 0 aliphatic carbocycles. The lowest BCUT2D eigenvalue weighted by Gasteiger charge is -2.07. The van der Waals surface area contributed by atoms with Crippen molar-refractivity contribution in [2.24, 2.45) is 5.73 Å². The van der Waals surface area contributed by atoms with E-state index in [-0.39, 0.29) is 10.5 Å². The van der Waals surface area contributed by atoms with Crippen molar-refractivity contribution in [3.8, 4) is 0 Å². The molecule has 110 valence electrons. The lowest BCUT2D eigenvalue weighted by atomic mass is 10.2. The normalized spacial score (nSPS) is 11.1. The van der Waals surface area contributed by atoms with E-state index >= 15 is 0 Å². The van der Waals surface area contributed by atoms with Crippen LogP contribution in [0.5, 0.6) is 0 Å². The second-order valence-corrected chi connectivity index (χ2v) is 6.04. The van der Waals surface area contributed by atoms with Gasteiger partial charge in [-0.05, 0) is 42.8 Å². The first-order valence-electron chi connectivity index (χ1n) is 6.29. The molecule has 21 heavy (non-hydrogen) atoms. The van der Waals surface area contributed by atoms with Crippen LogP contribution >= 0.6 is 0 Å². The zero-order valence-electron chi connectivity index (χ0n) is 11.2. The third-order valence-electron chi connectivity index (χ3n) is 2.82. The van der Waals surface area contributed by atoms with Gasteiger partial charge in [0.25, 0.3) is 15.9 Å². The highest BCUT2D eigenvalue weighted by Gasteiger charge is 2.18. The van der Waals surface area contributed by atoms with Crippen LogP contribution in [0.15, 0.2) is 53.7 Å². The number of hydrogen-bond acceptors (Lipinski definition) is 5. The summed E-state index contributed by atoms with van der Waals surface area (Å²) in [6.45, 7) is 0.490. The summed E-state index contributed by atoms with van der Waals surface area (Å²) in [7, 11) is -3.90. The predicted octanol–water partition coefficient (Wildman–Crippen LogP) is 0.701. The molecule has 1 heterocycles. The molecule has 0 saturated heterocycles. The van der Waals surface area contributed by atoms with E-state index in [9.17, 15) is 13.2 Å². The van der Waals surface area contributed by atoms with Gasteiger partial charge < -0.3 is 5.73 Å². The van der Waals surface area contributed by atoms with Crippen molar-refractivity contribution in [3.63, 3.8) is 0 Å². The molecule has 1 amide bonds. The fourth-order valence-electron chi connectivity index (χ4n) is 1.74. The highest BCUT2D eigenvalue weighted by Crippen LogP contribution is 2.11. The van der Waals surface area contributed by atoms with Crippen LogP contribution in [0.3, 0.4) is 0 Å². The Morgan fingerprint density at radius 2 is 1.90 bits per heavy atom. The number of nitrogens with zero attached hydrogens (tertiary/aromatic N) is 1. The third kappa shape index (κ3) is 3.87. The molecule has 0 fully saturated rings. The molecular formula is C14H15N3O3S. The van der Waals surface area contributed by atoms with Crippen molar-refractivity contribution in [2.75, 3.05) is 6.54 Å². The van der Waals surface area contributed by atoms with Crippen LogP contribution in [0.25, 0.3) is 0 Å². The van der Waals surface area contributed by atoms with E-state index < -0.39 is 15.9 Å². The zero-order chi connectivity index (χ0) is 15.3. The summed E-state index contributed by atoms with van der Waals surface area (Å²) in [4.78, 5) is 15.7. The summed E-state index contributed by atoms with van der Waals surface area (Å²) in [5.74, 6) is -0.714. The van der Waals surface area contributed by atoms with E-state index in [2.05, 4.69) is 4.98 Å². The summed E-state index contributed by atoms with van der Waals surface area (Å²) < 4.78 is 26.2. The van der Waals surface area contributed by atoms with Crippen LogP contribution in [0.2, 0.25) is 0 Å². The van der Waals surface area contributed by atoms with Crippen LogP contribution in [0.1, 0.15) is 15.9 Å². The number of aromatic nitrogens is 1. The van der Waals surface area contributed by atoms with Crippen LogP contribution in [0, 0.1) is 0 Å². The first-order chi connectivity index (χ1) is 10.0. The summed E-state index contributed by atoms with van der Waals surface area (Å²) in [5, 5.41) is 0. The smallest absolute Gasteiger partial charge is 0.266 e. The molecule has 0 spiro atoms. The van der Waals surface area contributed by atoms with Gasteiger partial charge in [-0.15, -0.1) is 0 Å². The number of rotatable bonds is 5. The summed E-state index contributed by atoms with van der Waals surface area (Å²) in [5.41, 5.74) is 6.55. The van der Waals surface area contributed by atoms with E-state index in [1.54, 1.807) is 18.2 Å². The van der Waals surface area contributed by atoms with Gasteiger partial charge in [-0.2, -0.15) is 0 Å². The van der Waals surface area contributed by atoms with Crippen molar-refractivity contribution in [2.45, 2.75) is 11.3 Å². The van der Waals surface area contributed by atoms with Gasteiger partial charge in [-0.3, -0.25) is 9.78 Å². The molecule has 6 nitrogen and oxygen atoms in total. The van der Waals surface area contributed by atoms with Crippen LogP contribution in [-0.2, 0) is 16.4 Å². The quantitative estimate of drug-likeness (QED) is 0.846. The van der Waals surface area contributed by atoms with Crippen LogP contribution in [-0.4, -0.2) is 25.9 Å². The second-order valence-electron chi connectivity index (χ2n) is 4.36. The second kappa shape index (κ2) is 6.47. The molecule has 0 unspecified atom stereocenters. The van der Waals surface area contributed by atoms with Gasteiger partial charge in [0.15, 0.2) is 0 Å². The van der Waals surface area contributed by atoms with Crippen LogP contribution < -0.4 is 10.5 Å². The first kappa shape index (κ1) is 15.1. The highest BCUT2D eigenvalue weighted by molar-refractivity contribution is 7.90. The molecule has 7 heteroatoms. The third-order valence-corrected chi connectivity index (χ3v) is 4.16. The Labute approximate surface area is 123 Å². The number of hydrogen-bond donors (Lipinski definition) is 2. The van der Waals surface area contributed by atoms with Crippen molar-refractivity contribution < 1.29 is 13.2 Å². The highest BCUT2D eigenvalue weighted by atomic mass is 32.2. The lowest BCUT2D eigenvalue weighted by molar-refractivity contribution is 0.0981. The largest absolute Gasteiger partial charge is 0.330 e. The van der Waals surface area contributed by atoms with E-state index in [4.69, 9.17) is 5.73 Å². The molecule has 2 aromatic rings. The number of nitrogens with one attached hydrogen (secondary N) is 1. The average molecular weight is 305 g/mol. The van der Waals surface area contributed by atoms with E-state index in [1.807, 2.05) is 4.72 Å². The monoisotopic (exact) mass is 305 g/mol. The van der Waals surface area contributed by atoms with Gasteiger partial charge >= 0.3 is 0 Å². The van der Waals surface area contributed by atoms with Gasteiger partial charge in [-0.1, -0.05) is 12.1 Å². The number of benzene rings is 1. The molecule has 0 aliphatic heterocycles. The topological polar surface area (TPSA) is 102 Å². The Hall–Kier alpha value is -2.25. The molecule has 0 radical (unpaired) electrons. The molecule has 1 aromatic carbocycles. The maximum absolute atomic E-state index is 12.1.